The second-order valence-electron chi connectivity index (χ2n) is 4.92. The highest BCUT2D eigenvalue weighted by atomic mass is 19.2. The molecule has 1 aromatic carbocycles. The summed E-state index contributed by atoms with van der Waals surface area (Å²) in [5.41, 5.74) is 2.06. The van der Waals surface area contributed by atoms with Crippen LogP contribution in [0, 0.1) is 25.5 Å². The molecule has 3 rings (SSSR count). The summed E-state index contributed by atoms with van der Waals surface area (Å²) < 4.78 is 27.6. The molecule has 1 N–H and O–H groups in total. The Kier molecular flexibility index (Phi) is 3.32. The van der Waals surface area contributed by atoms with Gasteiger partial charge in [-0.15, -0.1) is 0 Å². The second kappa shape index (κ2) is 5.18. The molecule has 5 nitrogen and oxygen atoms in total. The smallest absolute Gasteiger partial charge is 0.255 e. The van der Waals surface area contributed by atoms with E-state index < -0.39 is 17.5 Å². The number of hydrogen-bond donors (Lipinski definition) is 1. The number of nitrogens with one attached hydrogen (secondary N) is 1. The topological polar surface area (TPSA) is 59.3 Å². The normalized spacial score (nSPS) is 10.9. The highest BCUT2D eigenvalue weighted by Gasteiger charge is 2.12. The second-order valence-corrected chi connectivity index (χ2v) is 4.92. The summed E-state index contributed by atoms with van der Waals surface area (Å²) >= 11 is 0. The molecule has 0 bridgehead atoms. The fourth-order valence-electron chi connectivity index (χ4n) is 2.16. The molecule has 1 amide bonds. The van der Waals surface area contributed by atoms with Gasteiger partial charge in [0.05, 0.1) is 11.9 Å². The van der Waals surface area contributed by atoms with E-state index in [0.29, 0.717) is 17.2 Å². The lowest BCUT2D eigenvalue weighted by molar-refractivity contribution is 0.102. The van der Waals surface area contributed by atoms with Crippen molar-refractivity contribution in [1.29, 1.82) is 0 Å². The number of hydrogen-bond acceptors (Lipinski definition) is 3. The summed E-state index contributed by atoms with van der Waals surface area (Å²) in [5, 5.41) is 6.82. The first kappa shape index (κ1) is 14.1. The van der Waals surface area contributed by atoms with Crippen molar-refractivity contribution in [3.05, 3.63) is 59.0 Å². The van der Waals surface area contributed by atoms with E-state index in [1.807, 2.05) is 6.92 Å². The van der Waals surface area contributed by atoms with E-state index in [2.05, 4.69) is 15.4 Å². The number of pyridine rings is 1. The van der Waals surface area contributed by atoms with E-state index in [1.165, 1.54) is 6.07 Å². The van der Waals surface area contributed by atoms with Crippen molar-refractivity contribution < 1.29 is 13.6 Å². The molecule has 0 radical (unpaired) electrons. The largest absolute Gasteiger partial charge is 0.321 e. The van der Waals surface area contributed by atoms with Crippen molar-refractivity contribution in [2.75, 3.05) is 5.32 Å². The Labute approximate surface area is 124 Å². The van der Waals surface area contributed by atoms with E-state index in [-0.39, 0.29) is 5.56 Å². The summed E-state index contributed by atoms with van der Waals surface area (Å²) in [5.74, 6) is -1.97. The maximum Gasteiger partial charge on any atom is 0.255 e. The Morgan fingerprint density at radius 3 is 2.68 bits per heavy atom. The van der Waals surface area contributed by atoms with Gasteiger partial charge < -0.3 is 5.32 Å². The van der Waals surface area contributed by atoms with Crippen LogP contribution in [0.3, 0.4) is 0 Å². The number of fused-ring (bicyclic) bond motifs is 1. The molecule has 0 fully saturated rings. The van der Waals surface area contributed by atoms with Gasteiger partial charge in [-0.1, -0.05) is 0 Å². The van der Waals surface area contributed by atoms with Gasteiger partial charge >= 0.3 is 0 Å². The van der Waals surface area contributed by atoms with Crippen LogP contribution in [-0.2, 0) is 0 Å². The van der Waals surface area contributed by atoms with E-state index in [9.17, 15) is 13.6 Å². The number of rotatable bonds is 2. The monoisotopic (exact) mass is 302 g/mol. The molecule has 0 aliphatic rings. The molecular formula is C15H12F2N4O. The van der Waals surface area contributed by atoms with Crippen LogP contribution < -0.4 is 5.32 Å². The summed E-state index contributed by atoms with van der Waals surface area (Å²) in [7, 11) is 0. The zero-order valence-electron chi connectivity index (χ0n) is 11.9. The van der Waals surface area contributed by atoms with E-state index in [1.54, 1.807) is 23.7 Å². The van der Waals surface area contributed by atoms with Crippen LogP contribution in [0.25, 0.3) is 5.65 Å². The molecule has 0 spiro atoms. The Bertz CT molecular complexity index is 889. The van der Waals surface area contributed by atoms with Crippen LogP contribution in [0.5, 0.6) is 0 Å². The molecule has 0 atom stereocenters. The molecule has 0 unspecified atom stereocenters. The SMILES string of the molecule is Cc1nc2c(C)cc(NC(=O)c3ccc(F)c(F)c3)cn2n1. The molecule has 22 heavy (non-hydrogen) atoms. The number of aryl methyl sites for hydroxylation is 2. The Morgan fingerprint density at radius 1 is 1.18 bits per heavy atom. The van der Waals surface area contributed by atoms with Crippen molar-refractivity contribution in [2.45, 2.75) is 13.8 Å². The average Bonchev–Trinajstić information content (AvgIpc) is 2.83. The standard InChI is InChI=1S/C15H12F2N4O/c1-8-5-11(7-21-14(8)18-9(2)20-21)19-15(22)10-3-4-12(16)13(17)6-10/h3-7H,1-2H3,(H,19,22). The van der Waals surface area contributed by atoms with Gasteiger partial charge in [-0.05, 0) is 43.7 Å². The van der Waals surface area contributed by atoms with E-state index in [0.717, 1.165) is 17.7 Å². The van der Waals surface area contributed by atoms with Crippen molar-refractivity contribution in [3.63, 3.8) is 0 Å². The van der Waals surface area contributed by atoms with Crippen LogP contribution >= 0.6 is 0 Å². The lowest BCUT2D eigenvalue weighted by Gasteiger charge is -2.07. The Balaban J connectivity index is 1.91. The number of aromatic nitrogens is 3. The lowest BCUT2D eigenvalue weighted by Crippen LogP contribution is -2.13. The van der Waals surface area contributed by atoms with Gasteiger partial charge in [-0.3, -0.25) is 4.79 Å². The molecule has 0 aliphatic carbocycles. The van der Waals surface area contributed by atoms with Crippen molar-refractivity contribution in [1.82, 2.24) is 14.6 Å². The molecule has 112 valence electrons. The first-order chi connectivity index (χ1) is 10.4. The number of amides is 1. The molecule has 2 aromatic heterocycles. The number of anilines is 1. The van der Waals surface area contributed by atoms with Crippen molar-refractivity contribution >= 4 is 17.2 Å². The predicted octanol–water partition coefficient (Wildman–Crippen LogP) is 2.88. The molecular weight excluding hydrogens is 290 g/mol. The molecule has 0 saturated heterocycles. The Hall–Kier alpha value is -2.83. The molecule has 7 heteroatoms. The zero-order valence-corrected chi connectivity index (χ0v) is 11.9. The van der Waals surface area contributed by atoms with Crippen LogP contribution in [0.4, 0.5) is 14.5 Å². The third-order valence-electron chi connectivity index (χ3n) is 3.16. The maximum atomic E-state index is 13.2. The van der Waals surface area contributed by atoms with Gasteiger partial charge in [0.25, 0.3) is 5.91 Å². The minimum absolute atomic E-state index is 0.0337. The molecule has 2 heterocycles. The van der Waals surface area contributed by atoms with Crippen molar-refractivity contribution in [3.8, 4) is 0 Å². The number of carbonyl (C=O) groups is 1. The van der Waals surface area contributed by atoms with Gasteiger partial charge in [-0.25, -0.2) is 18.3 Å². The van der Waals surface area contributed by atoms with Crippen LogP contribution in [0.1, 0.15) is 21.7 Å². The predicted molar refractivity (Wildman–Crippen MR) is 76.8 cm³/mol. The lowest BCUT2D eigenvalue weighted by atomic mass is 10.2. The summed E-state index contributed by atoms with van der Waals surface area (Å²) in [4.78, 5) is 16.3. The summed E-state index contributed by atoms with van der Waals surface area (Å²) in [6, 6.07) is 4.73. The fourth-order valence-corrected chi connectivity index (χ4v) is 2.16. The van der Waals surface area contributed by atoms with Gasteiger partial charge in [-0.2, -0.15) is 5.10 Å². The third kappa shape index (κ3) is 2.52. The summed E-state index contributed by atoms with van der Waals surface area (Å²) in [6.07, 6.45) is 1.61. The van der Waals surface area contributed by atoms with Crippen molar-refractivity contribution in [2.24, 2.45) is 0 Å². The molecule has 0 aliphatic heterocycles. The highest BCUT2D eigenvalue weighted by molar-refractivity contribution is 6.04. The maximum absolute atomic E-state index is 13.2. The number of halogens is 2. The number of carbonyl (C=O) groups excluding carboxylic acids is 1. The zero-order chi connectivity index (χ0) is 15.9. The van der Waals surface area contributed by atoms with Crippen LogP contribution in [0.15, 0.2) is 30.5 Å². The van der Waals surface area contributed by atoms with Crippen LogP contribution in [-0.4, -0.2) is 20.5 Å². The van der Waals surface area contributed by atoms with Gasteiger partial charge in [0.1, 0.15) is 5.82 Å². The molecule has 0 saturated carbocycles. The summed E-state index contributed by atoms with van der Waals surface area (Å²) in [6.45, 7) is 3.61. The first-order valence-corrected chi connectivity index (χ1v) is 6.54. The number of benzene rings is 1. The average molecular weight is 302 g/mol. The molecule has 3 aromatic rings. The van der Waals surface area contributed by atoms with Gasteiger partial charge in [0.2, 0.25) is 0 Å². The minimum Gasteiger partial charge on any atom is -0.321 e. The fraction of sp³-hybridized carbons (Fsp3) is 0.133. The highest BCUT2D eigenvalue weighted by Crippen LogP contribution is 2.16. The minimum atomic E-state index is -1.06. The Morgan fingerprint density at radius 2 is 1.95 bits per heavy atom. The van der Waals surface area contributed by atoms with Gasteiger partial charge in [0, 0.05) is 5.56 Å². The van der Waals surface area contributed by atoms with E-state index in [4.69, 9.17) is 0 Å². The quantitative estimate of drug-likeness (QED) is 0.792. The van der Waals surface area contributed by atoms with E-state index >= 15 is 0 Å². The van der Waals surface area contributed by atoms with Crippen LogP contribution in [0.2, 0.25) is 0 Å². The third-order valence-corrected chi connectivity index (χ3v) is 3.16. The first-order valence-electron chi connectivity index (χ1n) is 6.54. The number of nitrogens with zero attached hydrogens (tertiary/aromatic N) is 3. The van der Waals surface area contributed by atoms with Gasteiger partial charge in [0.15, 0.2) is 17.3 Å².